The molecule has 29 heavy (non-hydrogen) atoms. The van der Waals surface area contributed by atoms with E-state index in [2.05, 4.69) is 22.2 Å². The number of carbonyl (C=O) groups excluding carboxylic acids is 1. The number of carbonyl (C=O) groups is 1. The summed E-state index contributed by atoms with van der Waals surface area (Å²) >= 11 is 0. The highest BCUT2D eigenvalue weighted by Gasteiger charge is 2.31. The number of hydrogen-bond acceptors (Lipinski definition) is 4. The number of piperazine rings is 1. The van der Waals surface area contributed by atoms with Crippen LogP contribution in [0.15, 0.2) is 47.4 Å². The number of pyridine rings is 1. The lowest BCUT2D eigenvalue weighted by Crippen LogP contribution is -2.43. The van der Waals surface area contributed by atoms with Gasteiger partial charge in [-0.15, -0.1) is 0 Å². The highest BCUT2D eigenvalue weighted by molar-refractivity contribution is 5.90. The number of aromatic nitrogens is 1. The van der Waals surface area contributed by atoms with Crippen LogP contribution in [0.25, 0.3) is 0 Å². The van der Waals surface area contributed by atoms with Crippen molar-refractivity contribution in [2.75, 3.05) is 38.5 Å². The zero-order chi connectivity index (χ0) is 21.0. The first-order valence-electron chi connectivity index (χ1n) is 9.28. The molecule has 6 nitrogen and oxygen atoms in total. The molecule has 0 unspecified atom stereocenters. The lowest BCUT2D eigenvalue weighted by molar-refractivity contribution is -0.138. The molecule has 1 fully saturated rings. The van der Waals surface area contributed by atoms with Gasteiger partial charge in [-0.25, -0.2) is 0 Å². The van der Waals surface area contributed by atoms with Crippen molar-refractivity contribution < 1.29 is 18.0 Å². The Bertz CT molecular complexity index is 901. The average Bonchev–Trinajstić information content (AvgIpc) is 2.66. The summed E-state index contributed by atoms with van der Waals surface area (Å²) in [5.74, 6) is -0.571. The molecule has 0 spiro atoms. The fourth-order valence-electron chi connectivity index (χ4n) is 3.14. The molecule has 2 heterocycles. The third-order valence-electron chi connectivity index (χ3n) is 4.86. The Kier molecular flexibility index (Phi) is 6.39. The van der Waals surface area contributed by atoms with E-state index in [0.717, 1.165) is 48.9 Å². The molecule has 1 N–H and O–H groups in total. The number of nitrogens with one attached hydrogen (secondary N) is 1. The van der Waals surface area contributed by atoms with E-state index in [4.69, 9.17) is 0 Å². The molecule has 1 aromatic heterocycles. The third-order valence-corrected chi connectivity index (χ3v) is 4.86. The molecule has 9 heteroatoms. The van der Waals surface area contributed by atoms with Crippen molar-refractivity contribution in [3.8, 4) is 0 Å². The lowest BCUT2D eigenvalue weighted by atomic mass is 10.2. The normalized spacial score (nSPS) is 16.0. The van der Waals surface area contributed by atoms with Gasteiger partial charge in [-0.3, -0.25) is 14.5 Å². The predicted molar refractivity (Wildman–Crippen MR) is 104 cm³/mol. The Morgan fingerprint density at radius 3 is 2.31 bits per heavy atom. The zero-order valence-electron chi connectivity index (χ0n) is 16.1. The molecule has 2 aromatic rings. The van der Waals surface area contributed by atoms with Crippen LogP contribution in [0.2, 0.25) is 0 Å². The maximum atomic E-state index is 12.8. The van der Waals surface area contributed by atoms with Gasteiger partial charge in [0.25, 0.3) is 5.56 Å². The summed E-state index contributed by atoms with van der Waals surface area (Å²) in [5.41, 5.74) is -0.00682. The van der Waals surface area contributed by atoms with Crippen molar-refractivity contribution in [1.29, 1.82) is 0 Å². The largest absolute Gasteiger partial charge is 0.417 e. The second-order valence-corrected chi connectivity index (χ2v) is 7.21. The molecule has 1 aliphatic heterocycles. The fraction of sp³-hybridized carbons (Fsp3) is 0.400. The molecule has 156 valence electrons. The van der Waals surface area contributed by atoms with Crippen LogP contribution in [0.4, 0.5) is 18.9 Å². The van der Waals surface area contributed by atoms with Crippen LogP contribution in [0, 0.1) is 0 Å². The van der Waals surface area contributed by atoms with Gasteiger partial charge in [-0.05, 0) is 30.8 Å². The zero-order valence-corrected chi connectivity index (χ0v) is 16.1. The molecule has 0 bridgehead atoms. The minimum absolute atomic E-state index is 0.494. The average molecular weight is 408 g/mol. The van der Waals surface area contributed by atoms with Crippen LogP contribution in [0.3, 0.4) is 0 Å². The van der Waals surface area contributed by atoms with Gasteiger partial charge in [0.15, 0.2) is 0 Å². The Hall–Kier alpha value is -2.65. The maximum Gasteiger partial charge on any atom is 0.417 e. The second kappa shape index (κ2) is 8.79. The minimum atomic E-state index is -4.58. The van der Waals surface area contributed by atoms with Crippen LogP contribution in [0.5, 0.6) is 0 Å². The van der Waals surface area contributed by atoms with Gasteiger partial charge in [-0.1, -0.05) is 12.1 Å². The molecular formula is C20H23F3N4O2. The standard InChI is InChI=1S/C20H23F3N4O2/c1-25-8-10-26(11-9-25)12-15-2-5-17(6-3-15)24-18(28)14-27-13-16(20(21,22)23)4-7-19(27)29/h2-7,13H,8-12,14H2,1H3,(H,24,28). The Labute approximate surface area is 166 Å². The summed E-state index contributed by atoms with van der Waals surface area (Å²) in [6.07, 6.45) is -3.92. The number of rotatable bonds is 5. The first-order valence-corrected chi connectivity index (χ1v) is 9.28. The summed E-state index contributed by atoms with van der Waals surface area (Å²) in [6.45, 7) is 4.39. The first kappa shape index (κ1) is 21.1. The summed E-state index contributed by atoms with van der Waals surface area (Å²) in [7, 11) is 2.10. The maximum absolute atomic E-state index is 12.8. The van der Waals surface area contributed by atoms with E-state index >= 15 is 0 Å². The lowest BCUT2D eigenvalue weighted by Gasteiger charge is -2.32. The molecule has 0 saturated carbocycles. The molecule has 3 rings (SSSR count). The summed E-state index contributed by atoms with van der Waals surface area (Å²) < 4.78 is 39.1. The van der Waals surface area contributed by atoms with E-state index < -0.39 is 29.8 Å². The van der Waals surface area contributed by atoms with E-state index in [1.807, 2.05) is 12.1 Å². The molecule has 1 aliphatic rings. The number of hydrogen-bond donors (Lipinski definition) is 1. The van der Waals surface area contributed by atoms with Crippen LogP contribution in [0.1, 0.15) is 11.1 Å². The van der Waals surface area contributed by atoms with Crippen molar-refractivity contribution >= 4 is 11.6 Å². The van der Waals surface area contributed by atoms with Crippen molar-refractivity contribution in [3.63, 3.8) is 0 Å². The van der Waals surface area contributed by atoms with E-state index in [1.54, 1.807) is 12.1 Å². The summed E-state index contributed by atoms with van der Waals surface area (Å²) in [4.78, 5) is 28.5. The Morgan fingerprint density at radius 2 is 1.69 bits per heavy atom. The SMILES string of the molecule is CN1CCN(Cc2ccc(NC(=O)Cn3cc(C(F)(F)F)ccc3=O)cc2)CC1. The minimum Gasteiger partial charge on any atom is -0.325 e. The Balaban J connectivity index is 1.58. The summed E-state index contributed by atoms with van der Waals surface area (Å²) in [5, 5.41) is 2.61. The van der Waals surface area contributed by atoms with Gasteiger partial charge >= 0.3 is 6.18 Å². The van der Waals surface area contributed by atoms with Crippen LogP contribution in [-0.4, -0.2) is 53.5 Å². The molecule has 0 aliphatic carbocycles. The molecular weight excluding hydrogens is 385 g/mol. The highest BCUT2D eigenvalue weighted by atomic mass is 19.4. The van der Waals surface area contributed by atoms with Crippen molar-refractivity contribution in [2.45, 2.75) is 19.3 Å². The van der Waals surface area contributed by atoms with E-state index in [-0.39, 0.29) is 0 Å². The van der Waals surface area contributed by atoms with Gasteiger partial charge in [0, 0.05) is 50.7 Å². The topological polar surface area (TPSA) is 57.6 Å². The summed E-state index contributed by atoms with van der Waals surface area (Å²) in [6, 6.07) is 8.82. The molecule has 1 aromatic carbocycles. The van der Waals surface area contributed by atoms with E-state index in [9.17, 15) is 22.8 Å². The van der Waals surface area contributed by atoms with Gasteiger partial charge in [0.1, 0.15) is 6.54 Å². The fourth-order valence-corrected chi connectivity index (χ4v) is 3.14. The van der Waals surface area contributed by atoms with E-state index in [0.29, 0.717) is 18.0 Å². The predicted octanol–water partition coefficient (Wildman–Crippen LogP) is 2.25. The van der Waals surface area contributed by atoms with Gasteiger partial charge in [0.2, 0.25) is 5.91 Å². The number of benzene rings is 1. The second-order valence-electron chi connectivity index (χ2n) is 7.21. The number of amides is 1. The van der Waals surface area contributed by atoms with Crippen LogP contribution < -0.4 is 10.9 Å². The highest BCUT2D eigenvalue weighted by Crippen LogP contribution is 2.28. The van der Waals surface area contributed by atoms with Gasteiger partial charge in [0.05, 0.1) is 5.56 Å². The van der Waals surface area contributed by atoms with Crippen LogP contribution >= 0.6 is 0 Å². The van der Waals surface area contributed by atoms with Gasteiger partial charge in [-0.2, -0.15) is 13.2 Å². The Morgan fingerprint density at radius 1 is 1.03 bits per heavy atom. The van der Waals surface area contributed by atoms with Crippen molar-refractivity contribution in [3.05, 3.63) is 64.1 Å². The smallest absolute Gasteiger partial charge is 0.325 e. The first-order chi connectivity index (χ1) is 13.7. The van der Waals surface area contributed by atoms with Gasteiger partial charge < -0.3 is 14.8 Å². The monoisotopic (exact) mass is 408 g/mol. The van der Waals surface area contributed by atoms with Crippen LogP contribution in [-0.2, 0) is 24.1 Å². The number of nitrogens with zero attached hydrogens (tertiary/aromatic N) is 3. The molecule has 0 atom stereocenters. The van der Waals surface area contributed by atoms with Crippen molar-refractivity contribution in [2.24, 2.45) is 0 Å². The number of likely N-dealkylation sites (N-methyl/N-ethyl adjacent to an activating group) is 1. The quantitative estimate of drug-likeness (QED) is 0.825. The molecule has 1 amide bonds. The third kappa shape index (κ3) is 5.91. The number of halogens is 3. The van der Waals surface area contributed by atoms with E-state index in [1.165, 1.54) is 0 Å². The number of alkyl halides is 3. The van der Waals surface area contributed by atoms with Crippen molar-refractivity contribution in [1.82, 2.24) is 14.4 Å². The number of anilines is 1. The molecule has 1 saturated heterocycles. The molecule has 0 radical (unpaired) electrons.